The molecule has 0 bridgehead atoms. The van der Waals surface area contributed by atoms with Crippen LogP contribution in [0.5, 0.6) is 0 Å². The van der Waals surface area contributed by atoms with Crippen LogP contribution in [0, 0.1) is 12.8 Å². The number of hydrogen-bond donors (Lipinski definition) is 1. The second-order valence-electron chi connectivity index (χ2n) is 9.01. The third-order valence-corrected chi connectivity index (χ3v) is 7.73. The van der Waals surface area contributed by atoms with Crippen molar-refractivity contribution in [1.82, 2.24) is 14.5 Å². The minimum atomic E-state index is -4.41. The van der Waals surface area contributed by atoms with Gasteiger partial charge in [-0.05, 0) is 43.5 Å². The van der Waals surface area contributed by atoms with Crippen LogP contribution in [-0.2, 0) is 12.7 Å². The van der Waals surface area contributed by atoms with Crippen LogP contribution in [0.25, 0.3) is 11.4 Å². The zero-order valence-corrected chi connectivity index (χ0v) is 21.6. The molecule has 0 unspecified atom stereocenters. The van der Waals surface area contributed by atoms with Crippen LogP contribution in [-0.4, -0.2) is 45.0 Å². The molecule has 1 amide bonds. The number of amides is 1. The zero-order valence-electron chi connectivity index (χ0n) is 20.0. The van der Waals surface area contributed by atoms with Gasteiger partial charge in [0.15, 0.2) is 5.13 Å². The maximum atomic E-state index is 13.3. The molecular weight excluding hydrogens is 493 g/mol. The van der Waals surface area contributed by atoms with Gasteiger partial charge in [-0.15, -0.1) is 11.3 Å². The number of rotatable bonds is 7. The van der Waals surface area contributed by atoms with E-state index in [1.54, 1.807) is 6.07 Å². The fraction of sp³-hybridized carbons (Fsp3) is 0.440. The first kappa shape index (κ1) is 25.6. The van der Waals surface area contributed by atoms with E-state index in [1.165, 1.54) is 17.4 Å². The summed E-state index contributed by atoms with van der Waals surface area (Å²) >= 11 is 3.18. The molecule has 0 radical (unpaired) electrons. The van der Waals surface area contributed by atoms with E-state index in [0.29, 0.717) is 28.0 Å². The molecule has 1 aromatic carbocycles. The summed E-state index contributed by atoms with van der Waals surface area (Å²) in [5, 5.41) is 5.37. The summed E-state index contributed by atoms with van der Waals surface area (Å²) in [5.41, 5.74) is 2.78. The molecule has 0 saturated carbocycles. The molecule has 0 aliphatic carbocycles. The zero-order chi connectivity index (χ0) is 25.2. The van der Waals surface area contributed by atoms with Gasteiger partial charge >= 0.3 is 6.18 Å². The van der Waals surface area contributed by atoms with Crippen LogP contribution in [0.3, 0.4) is 0 Å². The van der Waals surface area contributed by atoms with Gasteiger partial charge in [0.25, 0.3) is 5.91 Å². The molecule has 1 aliphatic heterocycles. The topological polar surface area (TPSA) is 50.2 Å². The van der Waals surface area contributed by atoms with Gasteiger partial charge in [0.2, 0.25) is 0 Å². The molecule has 4 rings (SSSR count). The van der Waals surface area contributed by atoms with E-state index in [9.17, 15) is 18.0 Å². The van der Waals surface area contributed by atoms with Gasteiger partial charge in [-0.2, -0.15) is 24.9 Å². The van der Waals surface area contributed by atoms with Gasteiger partial charge in [0, 0.05) is 47.9 Å². The smallest absolute Gasteiger partial charge is 0.343 e. The quantitative estimate of drug-likeness (QED) is 0.366. The molecule has 10 heteroatoms. The van der Waals surface area contributed by atoms with E-state index < -0.39 is 11.7 Å². The Labute approximate surface area is 211 Å². The monoisotopic (exact) mass is 522 g/mol. The lowest BCUT2D eigenvalue weighted by Gasteiger charge is -2.26. The van der Waals surface area contributed by atoms with Crippen molar-refractivity contribution in [3.63, 3.8) is 0 Å². The fourth-order valence-electron chi connectivity index (χ4n) is 4.03. The number of halogens is 3. The van der Waals surface area contributed by atoms with Crippen molar-refractivity contribution < 1.29 is 18.0 Å². The number of thioether (sulfide) groups is 1. The number of carbonyl (C=O) groups is 1. The number of thiazole rings is 1. The van der Waals surface area contributed by atoms with Gasteiger partial charge < -0.3 is 14.8 Å². The maximum absolute atomic E-state index is 13.3. The molecule has 2 aromatic heterocycles. The van der Waals surface area contributed by atoms with Crippen LogP contribution < -0.4 is 5.32 Å². The second kappa shape index (κ2) is 10.7. The first-order chi connectivity index (χ1) is 16.6. The highest BCUT2D eigenvalue weighted by Gasteiger charge is 2.30. The van der Waals surface area contributed by atoms with E-state index in [4.69, 9.17) is 0 Å². The second-order valence-corrected chi connectivity index (χ2v) is 11.1. The van der Waals surface area contributed by atoms with Crippen molar-refractivity contribution in [3.05, 3.63) is 52.5 Å². The van der Waals surface area contributed by atoms with Crippen molar-refractivity contribution in [2.45, 2.75) is 39.9 Å². The molecule has 0 atom stereocenters. The standard InChI is InChI=1S/C25H29F3N4OS2/c1-16(2)7-8-32-17(3)20(23(33)31-9-11-34-12-10-31)14-22(32)21-15-35-24(30-21)29-19-6-4-5-18(13-19)25(26,27)28/h4-6,13-16H,7-12H2,1-3H3,(H,29,30). The molecule has 3 heterocycles. The van der Waals surface area contributed by atoms with E-state index in [0.717, 1.165) is 61.1 Å². The highest BCUT2D eigenvalue weighted by atomic mass is 32.2. The average Bonchev–Trinajstić information content (AvgIpc) is 3.41. The lowest BCUT2D eigenvalue weighted by Crippen LogP contribution is -2.38. The Morgan fingerprint density at radius 1 is 1.20 bits per heavy atom. The van der Waals surface area contributed by atoms with Gasteiger partial charge in [-0.1, -0.05) is 19.9 Å². The van der Waals surface area contributed by atoms with Crippen LogP contribution >= 0.6 is 23.1 Å². The number of hydrogen-bond acceptors (Lipinski definition) is 5. The Kier molecular flexibility index (Phi) is 7.80. The van der Waals surface area contributed by atoms with E-state index in [2.05, 4.69) is 28.7 Å². The van der Waals surface area contributed by atoms with E-state index in [-0.39, 0.29) is 5.91 Å². The van der Waals surface area contributed by atoms with Gasteiger partial charge in [0.1, 0.15) is 0 Å². The Morgan fingerprint density at radius 3 is 2.63 bits per heavy atom. The molecule has 3 aromatic rings. The van der Waals surface area contributed by atoms with Crippen molar-refractivity contribution in [2.75, 3.05) is 29.9 Å². The first-order valence-electron chi connectivity index (χ1n) is 11.6. The summed E-state index contributed by atoms with van der Waals surface area (Å²) < 4.78 is 41.4. The maximum Gasteiger partial charge on any atom is 0.416 e. The molecule has 1 N–H and O–H groups in total. The Hall–Kier alpha value is -2.46. The van der Waals surface area contributed by atoms with Gasteiger partial charge in [-0.25, -0.2) is 4.98 Å². The molecule has 0 spiro atoms. The van der Waals surface area contributed by atoms with Crippen LogP contribution in [0.4, 0.5) is 24.0 Å². The van der Waals surface area contributed by atoms with Crippen LogP contribution in [0.1, 0.15) is 41.9 Å². The van der Waals surface area contributed by atoms with E-state index >= 15 is 0 Å². The third-order valence-electron chi connectivity index (χ3n) is 6.03. The highest BCUT2D eigenvalue weighted by Crippen LogP contribution is 2.34. The molecule has 35 heavy (non-hydrogen) atoms. The Bertz CT molecular complexity index is 1180. The normalized spacial score (nSPS) is 14.5. The number of benzene rings is 1. The first-order valence-corrected chi connectivity index (χ1v) is 13.6. The van der Waals surface area contributed by atoms with Gasteiger partial charge in [-0.3, -0.25) is 4.79 Å². The summed E-state index contributed by atoms with van der Waals surface area (Å²) in [4.78, 5) is 19.9. The number of carbonyl (C=O) groups excluding carboxylic acids is 1. The minimum absolute atomic E-state index is 0.0462. The van der Waals surface area contributed by atoms with Crippen molar-refractivity contribution in [2.24, 2.45) is 5.92 Å². The minimum Gasteiger partial charge on any atom is -0.343 e. The molecule has 188 valence electrons. The number of nitrogens with zero attached hydrogens (tertiary/aromatic N) is 3. The SMILES string of the molecule is Cc1c(C(=O)N2CCSCC2)cc(-c2csc(Nc3cccc(C(F)(F)F)c3)n2)n1CCC(C)C. The Morgan fingerprint density at radius 2 is 1.94 bits per heavy atom. The summed E-state index contributed by atoms with van der Waals surface area (Å²) in [6.07, 6.45) is -3.45. The highest BCUT2D eigenvalue weighted by molar-refractivity contribution is 7.99. The summed E-state index contributed by atoms with van der Waals surface area (Å²) in [6.45, 7) is 8.56. The average molecular weight is 523 g/mol. The predicted octanol–water partition coefficient (Wildman–Crippen LogP) is 6.92. The summed E-state index contributed by atoms with van der Waals surface area (Å²) in [6, 6.07) is 6.99. The summed E-state index contributed by atoms with van der Waals surface area (Å²) in [7, 11) is 0. The van der Waals surface area contributed by atoms with E-state index in [1.807, 2.05) is 35.0 Å². The summed E-state index contributed by atoms with van der Waals surface area (Å²) in [5.74, 6) is 2.44. The van der Waals surface area contributed by atoms with Crippen LogP contribution in [0.15, 0.2) is 35.7 Å². The number of nitrogens with one attached hydrogen (secondary N) is 1. The van der Waals surface area contributed by atoms with Crippen molar-refractivity contribution in [3.8, 4) is 11.4 Å². The predicted molar refractivity (Wildman–Crippen MR) is 138 cm³/mol. The number of aromatic nitrogens is 2. The largest absolute Gasteiger partial charge is 0.416 e. The lowest BCUT2D eigenvalue weighted by atomic mass is 10.1. The molecule has 1 saturated heterocycles. The fourth-order valence-corrected chi connectivity index (χ4v) is 5.66. The van der Waals surface area contributed by atoms with Gasteiger partial charge in [0.05, 0.1) is 22.5 Å². The third kappa shape index (κ3) is 6.03. The lowest BCUT2D eigenvalue weighted by molar-refractivity contribution is -0.137. The number of alkyl halides is 3. The Balaban J connectivity index is 1.63. The molecule has 1 aliphatic rings. The van der Waals surface area contributed by atoms with Crippen molar-refractivity contribution in [1.29, 1.82) is 0 Å². The molecule has 5 nitrogen and oxygen atoms in total. The molecular formula is C25H29F3N4OS2. The van der Waals surface area contributed by atoms with Crippen LogP contribution in [0.2, 0.25) is 0 Å². The molecule has 1 fully saturated rings. The van der Waals surface area contributed by atoms with Crippen molar-refractivity contribution >= 4 is 39.8 Å². The number of anilines is 2.